The molecule has 0 atom stereocenters. The number of fused-ring (bicyclic) bond motifs is 1. The topological polar surface area (TPSA) is 85.2 Å². The summed E-state index contributed by atoms with van der Waals surface area (Å²) in [5, 5.41) is 5.60. The van der Waals surface area contributed by atoms with E-state index in [1.165, 1.54) is 6.07 Å². The van der Waals surface area contributed by atoms with Crippen LogP contribution in [0.5, 0.6) is 5.75 Å². The SMILES string of the molecule is NS(=O)(=O)Oc1ccc2[nH]ccc2c1. The third kappa shape index (κ3) is 1.86. The molecule has 0 saturated carbocycles. The van der Waals surface area contributed by atoms with Crippen LogP contribution in [0.15, 0.2) is 30.5 Å². The van der Waals surface area contributed by atoms with Crippen LogP contribution >= 0.6 is 0 Å². The lowest BCUT2D eigenvalue weighted by Gasteiger charge is -2.01. The van der Waals surface area contributed by atoms with Gasteiger partial charge >= 0.3 is 10.3 Å². The van der Waals surface area contributed by atoms with E-state index in [1.807, 2.05) is 6.07 Å². The Labute approximate surface area is 80.7 Å². The summed E-state index contributed by atoms with van der Waals surface area (Å²) in [6.07, 6.45) is 1.76. The second-order valence-corrected chi connectivity index (χ2v) is 3.96. The van der Waals surface area contributed by atoms with E-state index in [2.05, 4.69) is 9.17 Å². The molecule has 14 heavy (non-hydrogen) atoms. The summed E-state index contributed by atoms with van der Waals surface area (Å²) < 4.78 is 25.8. The molecule has 0 aliphatic carbocycles. The van der Waals surface area contributed by atoms with E-state index in [4.69, 9.17) is 5.14 Å². The van der Waals surface area contributed by atoms with Gasteiger partial charge in [-0.3, -0.25) is 0 Å². The highest BCUT2D eigenvalue weighted by Gasteiger charge is 2.05. The van der Waals surface area contributed by atoms with Crippen LogP contribution in [-0.2, 0) is 10.3 Å². The number of rotatable bonds is 2. The van der Waals surface area contributed by atoms with Crippen molar-refractivity contribution in [2.75, 3.05) is 0 Å². The van der Waals surface area contributed by atoms with Gasteiger partial charge in [0.25, 0.3) is 0 Å². The van der Waals surface area contributed by atoms with Crippen LogP contribution in [0.1, 0.15) is 0 Å². The van der Waals surface area contributed by atoms with E-state index < -0.39 is 10.3 Å². The first kappa shape index (κ1) is 9.04. The second kappa shape index (κ2) is 3.00. The van der Waals surface area contributed by atoms with Crippen molar-refractivity contribution in [1.82, 2.24) is 4.98 Å². The Morgan fingerprint density at radius 3 is 2.79 bits per heavy atom. The highest BCUT2D eigenvalue weighted by Crippen LogP contribution is 2.20. The third-order valence-electron chi connectivity index (χ3n) is 1.74. The smallest absolute Gasteiger partial charge is 0.371 e. The maximum absolute atomic E-state index is 10.6. The van der Waals surface area contributed by atoms with Crippen molar-refractivity contribution in [1.29, 1.82) is 0 Å². The first-order valence-electron chi connectivity index (χ1n) is 3.84. The summed E-state index contributed by atoms with van der Waals surface area (Å²) in [6.45, 7) is 0. The molecule has 0 radical (unpaired) electrons. The molecule has 0 saturated heterocycles. The third-order valence-corrected chi connectivity index (χ3v) is 2.16. The fraction of sp³-hybridized carbons (Fsp3) is 0. The minimum atomic E-state index is -3.94. The van der Waals surface area contributed by atoms with Gasteiger partial charge in [0, 0.05) is 17.1 Å². The summed E-state index contributed by atoms with van der Waals surface area (Å²) in [7, 11) is -3.94. The molecule has 0 bridgehead atoms. The van der Waals surface area contributed by atoms with Crippen molar-refractivity contribution in [3.63, 3.8) is 0 Å². The van der Waals surface area contributed by atoms with Gasteiger partial charge in [-0.2, -0.15) is 13.6 Å². The van der Waals surface area contributed by atoms with Crippen molar-refractivity contribution < 1.29 is 12.6 Å². The monoisotopic (exact) mass is 212 g/mol. The standard InChI is InChI=1S/C8H8N2O3S/c9-14(11,12)13-7-1-2-8-6(5-7)3-4-10-8/h1-5,10H,(H2,9,11,12). The van der Waals surface area contributed by atoms with Crippen LogP contribution in [0.25, 0.3) is 10.9 Å². The molecule has 0 unspecified atom stereocenters. The Kier molecular flexibility index (Phi) is 1.94. The fourth-order valence-electron chi connectivity index (χ4n) is 1.22. The zero-order chi connectivity index (χ0) is 10.2. The largest absolute Gasteiger partial charge is 0.380 e. The van der Waals surface area contributed by atoms with E-state index in [1.54, 1.807) is 18.3 Å². The second-order valence-electron chi connectivity index (χ2n) is 2.80. The number of H-pyrrole nitrogens is 1. The van der Waals surface area contributed by atoms with Crippen LogP contribution < -0.4 is 9.32 Å². The van der Waals surface area contributed by atoms with Gasteiger partial charge in [0.1, 0.15) is 5.75 Å². The first-order valence-corrected chi connectivity index (χ1v) is 5.31. The van der Waals surface area contributed by atoms with E-state index in [-0.39, 0.29) is 5.75 Å². The normalized spacial score (nSPS) is 11.8. The quantitative estimate of drug-likeness (QED) is 0.770. The number of aromatic amines is 1. The van der Waals surface area contributed by atoms with E-state index in [0.29, 0.717) is 0 Å². The molecule has 0 amide bonds. The summed E-state index contributed by atoms with van der Waals surface area (Å²) >= 11 is 0. The van der Waals surface area contributed by atoms with Crippen LogP contribution in [0.3, 0.4) is 0 Å². The number of aromatic nitrogens is 1. The lowest BCUT2D eigenvalue weighted by Crippen LogP contribution is -2.18. The maximum Gasteiger partial charge on any atom is 0.380 e. The molecule has 1 aromatic carbocycles. The number of hydrogen-bond donors (Lipinski definition) is 2. The molecule has 1 heterocycles. The van der Waals surface area contributed by atoms with Gasteiger partial charge in [0.2, 0.25) is 0 Å². The minimum absolute atomic E-state index is 0.208. The average Bonchev–Trinajstić information content (AvgIpc) is 2.47. The molecule has 74 valence electrons. The number of hydrogen-bond acceptors (Lipinski definition) is 3. The molecule has 0 aliphatic heterocycles. The van der Waals surface area contributed by atoms with Gasteiger partial charge in [0.05, 0.1) is 0 Å². The molecule has 3 N–H and O–H groups in total. The maximum atomic E-state index is 10.6. The van der Waals surface area contributed by atoms with E-state index in [9.17, 15) is 8.42 Å². The number of nitrogens with two attached hydrogens (primary N) is 1. The molecule has 0 spiro atoms. The van der Waals surface area contributed by atoms with Crippen LogP contribution in [0.4, 0.5) is 0 Å². The molecule has 2 rings (SSSR count). The average molecular weight is 212 g/mol. The van der Waals surface area contributed by atoms with E-state index >= 15 is 0 Å². The predicted octanol–water partition coefficient (Wildman–Crippen LogP) is 0.750. The summed E-state index contributed by atoms with van der Waals surface area (Å²) in [5.41, 5.74) is 0.909. The minimum Gasteiger partial charge on any atom is -0.371 e. The summed E-state index contributed by atoms with van der Waals surface area (Å²) in [6, 6.07) is 6.65. The molecule has 5 nitrogen and oxygen atoms in total. The van der Waals surface area contributed by atoms with Crippen LogP contribution in [-0.4, -0.2) is 13.4 Å². The highest BCUT2D eigenvalue weighted by atomic mass is 32.2. The Bertz CT molecular complexity index is 559. The van der Waals surface area contributed by atoms with Gasteiger partial charge in [-0.25, -0.2) is 0 Å². The lowest BCUT2D eigenvalue weighted by molar-refractivity contribution is 0.488. The molecule has 6 heteroatoms. The summed E-state index contributed by atoms with van der Waals surface area (Å²) in [5.74, 6) is 0.208. The Morgan fingerprint density at radius 1 is 1.29 bits per heavy atom. The molecule has 0 aliphatic rings. The van der Waals surface area contributed by atoms with Crippen molar-refractivity contribution >= 4 is 21.2 Å². The Morgan fingerprint density at radius 2 is 2.07 bits per heavy atom. The Hall–Kier alpha value is -1.53. The summed E-state index contributed by atoms with van der Waals surface area (Å²) in [4.78, 5) is 2.97. The van der Waals surface area contributed by atoms with Gasteiger partial charge in [0.15, 0.2) is 0 Å². The van der Waals surface area contributed by atoms with Crippen molar-refractivity contribution in [3.05, 3.63) is 30.5 Å². The molecular weight excluding hydrogens is 204 g/mol. The van der Waals surface area contributed by atoms with Crippen LogP contribution in [0.2, 0.25) is 0 Å². The molecule has 2 aromatic rings. The highest BCUT2D eigenvalue weighted by molar-refractivity contribution is 7.84. The van der Waals surface area contributed by atoms with Gasteiger partial charge in [-0.1, -0.05) is 0 Å². The van der Waals surface area contributed by atoms with Gasteiger partial charge in [-0.15, -0.1) is 0 Å². The fourth-order valence-corrected chi connectivity index (χ4v) is 1.59. The molecular formula is C8H8N2O3S. The molecule has 1 aromatic heterocycles. The lowest BCUT2D eigenvalue weighted by atomic mass is 10.2. The molecule has 0 fully saturated rings. The van der Waals surface area contributed by atoms with Crippen molar-refractivity contribution in [3.8, 4) is 5.75 Å². The number of benzene rings is 1. The van der Waals surface area contributed by atoms with Gasteiger partial charge in [-0.05, 0) is 24.3 Å². The van der Waals surface area contributed by atoms with Crippen molar-refractivity contribution in [2.45, 2.75) is 0 Å². The van der Waals surface area contributed by atoms with Crippen LogP contribution in [0, 0.1) is 0 Å². The first-order chi connectivity index (χ1) is 6.54. The zero-order valence-corrected chi connectivity index (χ0v) is 7.91. The van der Waals surface area contributed by atoms with Crippen molar-refractivity contribution in [2.24, 2.45) is 5.14 Å². The predicted molar refractivity (Wildman–Crippen MR) is 52.0 cm³/mol. The van der Waals surface area contributed by atoms with Gasteiger partial charge < -0.3 is 9.17 Å². The Balaban J connectivity index is 2.44. The zero-order valence-electron chi connectivity index (χ0n) is 7.10. The number of nitrogens with one attached hydrogen (secondary N) is 1. The van der Waals surface area contributed by atoms with E-state index in [0.717, 1.165) is 10.9 Å².